The van der Waals surface area contributed by atoms with Crippen LogP contribution in [-0.2, 0) is 0 Å². The second-order valence-corrected chi connectivity index (χ2v) is 6.08. The van der Waals surface area contributed by atoms with Crippen LogP contribution in [0.25, 0.3) is 0 Å². The molecule has 138 valence electrons. The molecule has 2 rings (SSSR count). The van der Waals surface area contributed by atoms with E-state index in [-0.39, 0.29) is 17.7 Å². The highest BCUT2D eigenvalue weighted by molar-refractivity contribution is 5.90. The van der Waals surface area contributed by atoms with Gasteiger partial charge in [-0.05, 0) is 32.8 Å². The summed E-state index contributed by atoms with van der Waals surface area (Å²) in [5.41, 5.74) is 0.455. The normalized spacial score (nSPS) is 20.2. The van der Waals surface area contributed by atoms with Gasteiger partial charge in [-0.1, -0.05) is 18.2 Å². The van der Waals surface area contributed by atoms with E-state index in [1.807, 2.05) is 13.8 Å². The number of amidine groups is 1. The van der Waals surface area contributed by atoms with Crippen molar-refractivity contribution >= 4 is 12.6 Å². The molecule has 1 aliphatic rings. The molecule has 1 unspecified atom stereocenters. The van der Waals surface area contributed by atoms with Crippen LogP contribution in [0.5, 0.6) is 5.75 Å². The zero-order valence-corrected chi connectivity index (χ0v) is 14.4. The maximum absolute atomic E-state index is 12.7. The van der Waals surface area contributed by atoms with Gasteiger partial charge in [-0.2, -0.15) is 5.10 Å². The first-order chi connectivity index (χ1) is 11.8. The third-order valence-electron chi connectivity index (χ3n) is 3.87. The summed E-state index contributed by atoms with van der Waals surface area (Å²) in [5.74, 6) is 0.0785. The Labute approximate surface area is 145 Å². The molecular formula is C17H23F3N4O. The third kappa shape index (κ3) is 5.45. The highest BCUT2D eigenvalue weighted by Gasteiger charge is 2.35. The summed E-state index contributed by atoms with van der Waals surface area (Å²) in [6, 6.07) is 6.44. The van der Waals surface area contributed by atoms with Crippen LogP contribution in [0, 0.1) is 0 Å². The van der Waals surface area contributed by atoms with E-state index in [9.17, 15) is 13.2 Å². The molecule has 1 aromatic carbocycles. The molecule has 0 amide bonds. The largest absolute Gasteiger partial charge is 0.573 e. The van der Waals surface area contributed by atoms with Crippen molar-refractivity contribution in [3.63, 3.8) is 0 Å². The van der Waals surface area contributed by atoms with Gasteiger partial charge in [0.05, 0.1) is 6.67 Å². The van der Waals surface area contributed by atoms with Crippen molar-refractivity contribution < 1.29 is 17.9 Å². The second-order valence-electron chi connectivity index (χ2n) is 6.08. The van der Waals surface area contributed by atoms with Gasteiger partial charge in [0.15, 0.2) is 0 Å². The van der Waals surface area contributed by atoms with Crippen LogP contribution in [0.4, 0.5) is 13.2 Å². The lowest BCUT2D eigenvalue weighted by molar-refractivity contribution is -0.274. The Bertz CT molecular complexity index is 616. The highest BCUT2D eigenvalue weighted by Crippen LogP contribution is 2.37. The minimum atomic E-state index is -4.74. The SMILES string of the molecule is C=NN1CCCC(c2ccccc2OC(F)(F)F)/C1=N/CNC(C)C. The Hall–Kier alpha value is -2.09. The lowest BCUT2D eigenvalue weighted by atomic mass is 9.89. The van der Waals surface area contributed by atoms with Gasteiger partial charge >= 0.3 is 6.36 Å². The molecule has 1 fully saturated rings. The van der Waals surface area contributed by atoms with Gasteiger partial charge < -0.3 is 4.74 Å². The topological polar surface area (TPSA) is 49.2 Å². The van der Waals surface area contributed by atoms with E-state index < -0.39 is 6.36 Å². The minimum absolute atomic E-state index is 0.199. The summed E-state index contributed by atoms with van der Waals surface area (Å²) in [5, 5.41) is 8.80. The maximum atomic E-state index is 12.7. The van der Waals surface area contributed by atoms with E-state index in [1.54, 1.807) is 17.1 Å². The van der Waals surface area contributed by atoms with Crippen molar-refractivity contribution in [2.45, 2.75) is 45.0 Å². The van der Waals surface area contributed by atoms with Gasteiger partial charge in [0, 0.05) is 30.8 Å². The van der Waals surface area contributed by atoms with Crippen molar-refractivity contribution in [2.24, 2.45) is 10.1 Å². The Kier molecular flexibility index (Phi) is 6.41. The Morgan fingerprint density at radius 1 is 1.36 bits per heavy atom. The van der Waals surface area contributed by atoms with E-state index >= 15 is 0 Å². The number of alkyl halides is 3. The number of piperidine rings is 1. The monoisotopic (exact) mass is 356 g/mol. The summed E-state index contributed by atoms with van der Waals surface area (Å²) >= 11 is 0. The molecule has 1 atom stereocenters. The first kappa shape index (κ1) is 19.2. The molecule has 0 aliphatic carbocycles. The predicted octanol–water partition coefficient (Wildman–Crippen LogP) is 3.73. The number of aliphatic imine (C=N–C) groups is 1. The molecule has 0 radical (unpaired) electrons. The fourth-order valence-corrected chi connectivity index (χ4v) is 2.79. The number of nitrogens with zero attached hydrogens (tertiary/aromatic N) is 3. The number of nitrogens with one attached hydrogen (secondary N) is 1. The molecule has 0 saturated carbocycles. The lowest BCUT2D eigenvalue weighted by Gasteiger charge is -2.33. The van der Waals surface area contributed by atoms with Gasteiger partial charge in [0.1, 0.15) is 11.6 Å². The molecular weight excluding hydrogens is 333 g/mol. The molecule has 1 heterocycles. The van der Waals surface area contributed by atoms with Crippen molar-refractivity contribution in [3.8, 4) is 5.75 Å². The molecule has 0 aromatic heterocycles. The number of halogens is 3. The van der Waals surface area contributed by atoms with Gasteiger partial charge in [-0.25, -0.2) is 0 Å². The van der Waals surface area contributed by atoms with Crippen molar-refractivity contribution in [3.05, 3.63) is 29.8 Å². The van der Waals surface area contributed by atoms with Crippen molar-refractivity contribution in [1.29, 1.82) is 0 Å². The lowest BCUT2D eigenvalue weighted by Crippen LogP contribution is -2.38. The molecule has 0 bridgehead atoms. The van der Waals surface area contributed by atoms with Crippen LogP contribution in [0.1, 0.15) is 38.2 Å². The second kappa shape index (κ2) is 8.33. The molecule has 5 nitrogen and oxygen atoms in total. The Morgan fingerprint density at radius 2 is 2.08 bits per heavy atom. The molecule has 25 heavy (non-hydrogen) atoms. The summed E-state index contributed by atoms with van der Waals surface area (Å²) in [6.45, 7) is 8.54. The van der Waals surface area contributed by atoms with Crippen molar-refractivity contribution in [1.82, 2.24) is 10.3 Å². The number of ether oxygens (including phenoxy) is 1. The van der Waals surface area contributed by atoms with Crippen LogP contribution in [-0.4, -0.2) is 43.2 Å². The average molecular weight is 356 g/mol. The number of para-hydroxylation sites is 1. The first-order valence-corrected chi connectivity index (χ1v) is 8.18. The molecule has 1 aromatic rings. The van der Waals surface area contributed by atoms with Gasteiger partial charge in [0.25, 0.3) is 0 Å². The van der Waals surface area contributed by atoms with E-state index in [2.05, 4.69) is 26.9 Å². The Balaban J connectivity index is 2.35. The van der Waals surface area contributed by atoms with Gasteiger partial charge in [-0.15, -0.1) is 13.2 Å². The quantitative estimate of drug-likeness (QED) is 0.790. The summed E-state index contributed by atoms with van der Waals surface area (Å²) in [7, 11) is 0. The Morgan fingerprint density at radius 3 is 2.72 bits per heavy atom. The average Bonchev–Trinajstić information content (AvgIpc) is 2.54. The van der Waals surface area contributed by atoms with Crippen LogP contribution in [0.2, 0.25) is 0 Å². The van der Waals surface area contributed by atoms with E-state index in [0.717, 1.165) is 6.42 Å². The van der Waals surface area contributed by atoms with E-state index in [1.165, 1.54) is 12.1 Å². The van der Waals surface area contributed by atoms with Crippen LogP contribution < -0.4 is 10.1 Å². The summed E-state index contributed by atoms with van der Waals surface area (Å²) < 4.78 is 42.4. The fourth-order valence-electron chi connectivity index (χ4n) is 2.79. The van der Waals surface area contributed by atoms with E-state index in [0.29, 0.717) is 31.0 Å². The molecule has 1 aliphatic heterocycles. The summed E-state index contributed by atoms with van der Waals surface area (Å²) in [4.78, 5) is 4.53. The predicted molar refractivity (Wildman–Crippen MR) is 91.9 cm³/mol. The maximum Gasteiger partial charge on any atom is 0.573 e. The van der Waals surface area contributed by atoms with Crippen molar-refractivity contribution in [2.75, 3.05) is 13.2 Å². The molecule has 1 N–H and O–H groups in total. The number of benzene rings is 1. The standard InChI is InChI=1S/C17H23F3N4O/c1-12(2)22-11-23-16-14(8-6-10-24(16)21-3)13-7-4-5-9-15(13)25-17(18,19)20/h4-5,7,9,12,14,22H,3,6,8,10-11H2,1-2H3/b23-16-. The number of hydrogen-bond donors (Lipinski definition) is 1. The first-order valence-electron chi connectivity index (χ1n) is 8.18. The molecule has 0 spiro atoms. The van der Waals surface area contributed by atoms with E-state index in [4.69, 9.17) is 0 Å². The zero-order chi connectivity index (χ0) is 18.4. The fraction of sp³-hybridized carbons (Fsp3) is 0.529. The third-order valence-corrected chi connectivity index (χ3v) is 3.87. The molecule has 8 heteroatoms. The van der Waals surface area contributed by atoms with Crippen LogP contribution in [0.3, 0.4) is 0 Å². The smallest absolute Gasteiger partial charge is 0.405 e. The van der Waals surface area contributed by atoms with Gasteiger partial charge in [-0.3, -0.25) is 15.3 Å². The minimum Gasteiger partial charge on any atom is -0.405 e. The number of rotatable bonds is 6. The van der Waals surface area contributed by atoms with Crippen LogP contribution in [0.15, 0.2) is 34.4 Å². The van der Waals surface area contributed by atoms with Crippen LogP contribution >= 0.6 is 0 Å². The number of hydrogen-bond acceptors (Lipinski definition) is 4. The summed E-state index contributed by atoms with van der Waals surface area (Å²) in [6.07, 6.45) is -3.29. The highest BCUT2D eigenvalue weighted by atomic mass is 19.4. The zero-order valence-electron chi connectivity index (χ0n) is 14.4. The van der Waals surface area contributed by atoms with Gasteiger partial charge in [0.2, 0.25) is 0 Å². The number of hydrazone groups is 1. The molecule has 1 saturated heterocycles.